The number of nitrogens with two attached hydrogens (primary N) is 1. The van der Waals surface area contributed by atoms with E-state index in [1.54, 1.807) is 24.3 Å². The fraction of sp³-hybridized carbons (Fsp3) is 0.462. The van der Waals surface area contributed by atoms with Gasteiger partial charge in [0.1, 0.15) is 5.75 Å². The van der Waals surface area contributed by atoms with Crippen LogP contribution in [0.15, 0.2) is 24.3 Å². The second-order valence-electron chi connectivity index (χ2n) is 4.55. The van der Waals surface area contributed by atoms with Crippen LogP contribution >= 0.6 is 0 Å². The van der Waals surface area contributed by atoms with Gasteiger partial charge in [-0.25, -0.2) is 0 Å². The molecule has 5 heteroatoms. The molecule has 1 unspecified atom stereocenters. The van der Waals surface area contributed by atoms with Crippen LogP contribution in [0.5, 0.6) is 5.75 Å². The van der Waals surface area contributed by atoms with Crippen LogP contribution in [0.25, 0.3) is 0 Å². The number of nitrogens with zero attached hydrogens (tertiary/aromatic N) is 1. The summed E-state index contributed by atoms with van der Waals surface area (Å²) in [6.45, 7) is 3.11. The van der Waals surface area contributed by atoms with Gasteiger partial charge in [-0.2, -0.15) is 0 Å². The molecule has 0 bridgehead atoms. The summed E-state index contributed by atoms with van der Waals surface area (Å²) in [4.78, 5) is 13.9. The molecule has 4 N–H and O–H groups in total. The molecule has 1 saturated heterocycles. The van der Waals surface area contributed by atoms with Gasteiger partial charge in [-0.3, -0.25) is 4.79 Å². The SMILES string of the molecule is NC(Cc1ccc(O)cc1)C(=O)N1CCNCC1. The number of aromatic hydroxyl groups is 1. The third kappa shape index (κ3) is 3.21. The molecule has 1 amide bonds. The molecule has 5 nitrogen and oxygen atoms in total. The zero-order valence-corrected chi connectivity index (χ0v) is 10.3. The standard InChI is InChI=1S/C13H19N3O2/c14-12(9-10-1-3-11(17)4-2-10)13(18)16-7-5-15-6-8-16/h1-4,12,15,17H,5-9,14H2. The van der Waals surface area contributed by atoms with E-state index < -0.39 is 6.04 Å². The van der Waals surface area contributed by atoms with Crippen molar-refractivity contribution < 1.29 is 9.90 Å². The molecule has 1 aromatic carbocycles. The quantitative estimate of drug-likeness (QED) is 0.687. The first-order chi connectivity index (χ1) is 8.66. The predicted molar refractivity (Wildman–Crippen MR) is 69.2 cm³/mol. The minimum absolute atomic E-state index is 0.00424. The summed E-state index contributed by atoms with van der Waals surface area (Å²) in [5.41, 5.74) is 6.91. The second kappa shape index (κ2) is 5.84. The molecule has 1 fully saturated rings. The van der Waals surface area contributed by atoms with Gasteiger partial charge in [-0.1, -0.05) is 12.1 Å². The fourth-order valence-electron chi connectivity index (χ4n) is 2.09. The molecule has 18 heavy (non-hydrogen) atoms. The lowest BCUT2D eigenvalue weighted by Gasteiger charge is -2.29. The number of hydrogen-bond donors (Lipinski definition) is 3. The Bertz CT molecular complexity index is 399. The van der Waals surface area contributed by atoms with Crippen molar-refractivity contribution >= 4 is 5.91 Å². The molecule has 1 heterocycles. The molecule has 1 aromatic rings. The predicted octanol–water partition coefficient (Wildman–Crippen LogP) is -0.306. The average Bonchev–Trinajstić information content (AvgIpc) is 2.41. The molecule has 0 saturated carbocycles. The van der Waals surface area contributed by atoms with Crippen molar-refractivity contribution in [2.45, 2.75) is 12.5 Å². The summed E-state index contributed by atoms with van der Waals surface area (Å²) in [6, 6.07) is 6.29. The minimum atomic E-state index is -0.507. The Morgan fingerprint density at radius 1 is 1.33 bits per heavy atom. The van der Waals surface area contributed by atoms with Crippen LogP contribution in [0.4, 0.5) is 0 Å². The fourth-order valence-corrected chi connectivity index (χ4v) is 2.09. The van der Waals surface area contributed by atoms with Crippen LogP contribution in [0.1, 0.15) is 5.56 Å². The molecule has 0 spiro atoms. The molecule has 2 rings (SSSR count). The number of phenols is 1. The number of benzene rings is 1. The summed E-state index contributed by atoms with van der Waals surface area (Å²) in [6.07, 6.45) is 0.503. The summed E-state index contributed by atoms with van der Waals surface area (Å²) < 4.78 is 0. The number of carbonyl (C=O) groups excluding carboxylic acids is 1. The molecule has 0 aromatic heterocycles. The minimum Gasteiger partial charge on any atom is -0.508 e. The van der Waals surface area contributed by atoms with Crippen molar-refractivity contribution in [1.29, 1.82) is 0 Å². The van der Waals surface area contributed by atoms with E-state index in [0.29, 0.717) is 6.42 Å². The molecule has 98 valence electrons. The van der Waals surface area contributed by atoms with E-state index in [4.69, 9.17) is 5.73 Å². The Hall–Kier alpha value is -1.59. The van der Waals surface area contributed by atoms with Crippen LogP contribution in [0, 0.1) is 0 Å². The topological polar surface area (TPSA) is 78.6 Å². The zero-order chi connectivity index (χ0) is 13.0. The van der Waals surface area contributed by atoms with E-state index in [1.807, 2.05) is 4.90 Å². The Morgan fingerprint density at radius 3 is 2.56 bits per heavy atom. The van der Waals surface area contributed by atoms with Crippen molar-refractivity contribution in [1.82, 2.24) is 10.2 Å². The Labute approximate surface area is 107 Å². The molecule has 1 aliphatic heterocycles. The lowest BCUT2D eigenvalue weighted by molar-refractivity contribution is -0.133. The first-order valence-corrected chi connectivity index (χ1v) is 6.20. The lowest BCUT2D eigenvalue weighted by Crippen LogP contribution is -2.52. The molecule has 0 aliphatic carbocycles. The number of phenolic OH excluding ortho intramolecular Hbond substituents is 1. The van der Waals surface area contributed by atoms with Crippen molar-refractivity contribution in [3.63, 3.8) is 0 Å². The smallest absolute Gasteiger partial charge is 0.239 e. The highest BCUT2D eigenvalue weighted by atomic mass is 16.3. The van der Waals surface area contributed by atoms with Gasteiger partial charge in [-0.05, 0) is 24.1 Å². The maximum atomic E-state index is 12.1. The van der Waals surface area contributed by atoms with Crippen molar-refractivity contribution in [3.05, 3.63) is 29.8 Å². The summed E-state index contributed by atoms with van der Waals surface area (Å²) in [5.74, 6) is 0.227. The van der Waals surface area contributed by atoms with Gasteiger partial charge in [0.15, 0.2) is 0 Å². The van der Waals surface area contributed by atoms with Gasteiger partial charge in [0, 0.05) is 26.2 Å². The Kier molecular flexibility index (Phi) is 4.17. The highest BCUT2D eigenvalue weighted by Gasteiger charge is 2.22. The van der Waals surface area contributed by atoms with E-state index in [2.05, 4.69) is 5.32 Å². The van der Waals surface area contributed by atoms with Crippen molar-refractivity contribution in [2.75, 3.05) is 26.2 Å². The maximum Gasteiger partial charge on any atom is 0.239 e. The van der Waals surface area contributed by atoms with E-state index in [-0.39, 0.29) is 11.7 Å². The number of rotatable bonds is 3. The highest BCUT2D eigenvalue weighted by molar-refractivity contribution is 5.82. The summed E-state index contributed by atoms with van der Waals surface area (Å²) >= 11 is 0. The van der Waals surface area contributed by atoms with Gasteiger partial charge >= 0.3 is 0 Å². The monoisotopic (exact) mass is 249 g/mol. The van der Waals surface area contributed by atoms with Gasteiger partial charge in [0.2, 0.25) is 5.91 Å². The average molecular weight is 249 g/mol. The number of amides is 1. The third-order valence-electron chi connectivity index (χ3n) is 3.14. The Balaban J connectivity index is 1.92. The van der Waals surface area contributed by atoms with Crippen LogP contribution in [0.2, 0.25) is 0 Å². The summed E-state index contributed by atoms with van der Waals surface area (Å²) in [5, 5.41) is 12.4. The van der Waals surface area contributed by atoms with E-state index in [0.717, 1.165) is 31.7 Å². The lowest BCUT2D eigenvalue weighted by atomic mass is 10.1. The molecule has 0 radical (unpaired) electrons. The first kappa shape index (κ1) is 12.9. The van der Waals surface area contributed by atoms with Crippen LogP contribution in [0.3, 0.4) is 0 Å². The van der Waals surface area contributed by atoms with Crippen LogP contribution in [-0.4, -0.2) is 48.1 Å². The first-order valence-electron chi connectivity index (χ1n) is 6.20. The van der Waals surface area contributed by atoms with Crippen LogP contribution < -0.4 is 11.1 Å². The zero-order valence-electron chi connectivity index (χ0n) is 10.3. The molecular formula is C13H19N3O2. The highest BCUT2D eigenvalue weighted by Crippen LogP contribution is 2.11. The second-order valence-corrected chi connectivity index (χ2v) is 4.55. The third-order valence-corrected chi connectivity index (χ3v) is 3.14. The van der Waals surface area contributed by atoms with E-state index in [1.165, 1.54) is 0 Å². The largest absolute Gasteiger partial charge is 0.508 e. The van der Waals surface area contributed by atoms with Gasteiger partial charge in [0.05, 0.1) is 6.04 Å². The normalized spacial score (nSPS) is 17.5. The number of hydrogen-bond acceptors (Lipinski definition) is 4. The molecule has 1 aliphatic rings. The van der Waals surface area contributed by atoms with Gasteiger partial charge in [0.25, 0.3) is 0 Å². The maximum absolute atomic E-state index is 12.1. The number of carbonyl (C=O) groups is 1. The van der Waals surface area contributed by atoms with Gasteiger partial charge in [-0.15, -0.1) is 0 Å². The number of piperazine rings is 1. The van der Waals surface area contributed by atoms with Crippen molar-refractivity contribution in [3.8, 4) is 5.75 Å². The van der Waals surface area contributed by atoms with Gasteiger partial charge < -0.3 is 21.1 Å². The van der Waals surface area contributed by atoms with E-state index >= 15 is 0 Å². The van der Waals surface area contributed by atoms with Crippen molar-refractivity contribution in [2.24, 2.45) is 5.73 Å². The summed E-state index contributed by atoms with van der Waals surface area (Å²) in [7, 11) is 0. The van der Waals surface area contributed by atoms with E-state index in [9.17, 15) is 9.90 Å². The molecular weight excluding hydrogens is 230 g/mol. The number of nitrogens with one attached hydrogen (secondary N) is 1. The molecule has 1 atom stereocenters. The Morgan fingerprint density at radius 2 is 1.94 bits per heavy atom. The van der Waals surface area contributed by atoms with Crippen LogP contribution in [-0.2, 0) is 11.2 Å².